The molecule has 2 rings (SSSR count). The summed E-state index contributed by atoms with van der Waals surface area (Å²) < 4.78 is 26.4. The Balaban J connectivity index is 2.13. The lowest BCUT2D eigenvalue weighted by Crippen LogP contribution is -2.02. The van der Waals surface area contributed by atoms with E-state index in [0.717, 1.165) is 9.79 Å². The molecule has 2 nitrogen and oxygen atoms in total. The molecular formula is C20H22O2S5. The zero-order valence-electron chi connectivity index (χ0n) is 15.2. The third-order valence-electron chi connectivity index (χ3n) is 3.45. The van der Waals surface area contributed by atoms with E-state index in [4.69, 9.17) is 0 Å². The van der Waals surface area contributed by atoms with E-state index in [1.165, 1.54) is 0 Å². The van der Waals surface area contributed by atoms with Gasteiger partial charge in [0.2, 0.25) is 9.84 Å². The van der Waals surface area contributed by atoms with Gasteiger partial charge >= 0.3 is 0 Å². The molecule has 0 aliphatic carbocycles. The summed E-state index contributed by atoms with van der Waals surface area (Å²) in [6, 6.07) is 14.1. The van der Waals surface area contributed by atoms with Crippen molar-refractivity contribution < 1.29 is 8.42 Å². The third-order valence-corrected chi connectivity index (χ3v) is 9.38. The summed E-state index contributed by atoms with van der Waals surface area (Å²) in [5.74, 6) is 0. The Morgan fingerprint density at radius 1 is 0.741 bits per heavy atom. The molecular weight excluding hydrogens is 433 g/mol. The normalized spacial score (nSPS) is 13.7. The number of thioether (sulfide) groups is 4. The van der Waals surface area contributed by atoms with Gasteiger partial charge in [-0.05, 0) is 73.2 Å². The Morgan fingerprint density at radius 2 is 1.07 bits per heavy atom. The smallest absolute Gasteiger partial charge is 0.206 e. The van der Waals surface area contributed by atoms with E-state index in [1.807, 2.05) is 35.1 Å². The van der Waals surface area contributed by atoms with Gasteiger partial charge in [-0.1, -0.05) is 13.2 Å². The minimum atomic E-state index is -3.51. The zero-order chi connectivity index (χ0) is 19.9. The van der Waals surface area contributed by atoms with E-state index in [-0.39, 0.29) is 0 Å². The van der Waals surface area contributed by atoms with E-state index in [1.54, 1.807) is 71.3 Å². The van der Waals surface area contributed by atoms with E-state index in [9.17, 15) is 8.42 Å². The summed E-state index contributed by atoms with van der Waals surface area (Å²) in [5.41, 5.74) is 0. The first-order valence-electron chi connectivity index (χ1n) is 8.18. The predicted molar refractivity (Wildman–Crippen MR) is 125 cm³/mol. The molecule has 0 heterocycles. The quantitative estimate of drug-likeness (QED) is 0.280. The highest BCUT2D eigenvalue weighted by molar-refractivity contribution is 8.18. The zero-order valence-corrected chi connectivity index (χ0v) is 19.3. The summed E-state index contributed by atoms with van der Waals surface area (Å²) in [7, 11) is -3.51. The summed E-state index contributed by atoms with van der Waals surface area (Å²) in [6.45, 7) is 11.6. The van der Waals surface area contributed by atoms with Crippen molar-refractivity contribution in [3.8, 4) is 0 Å². The largest absolute Gasteiger partial charge is 0.219 e. The van der Waals surface area contributed by atoms with Crippen molar-refractivity contribution in [3.05, 3.63) is 72.5 Å². The maximum atomic E-state index is 12.9. The summed E-state index contributed by atoms with van der Waals surface area (Å²) in [4.78, 5) is 2.70. The highest BCUT2D eigenvalue weighted by Crippen LogP contribution is 2.34. The lowest BCUT2D eigenvalue weighted by molar-refractivity contribution is 0.596. The molecule has 2 aromatic carbocycles. The Morgan fingerprint density at radius 3 is 1.37 bits per heavy atom. The van der Waals surface area contributed by atoms with Crippen molar-refractivity contribution in [3.63, 3.8) is 0 Å². The van der Waals surface area contributed by atoms with Gasteiger partial charge in [0.1, 0.15) is 0 Å². The topological polar surface area (TPSA) is 34.1 Å². The number of benzene rings is 2. The molecule has 2 atom stereocenters. The van der Waals surface area contributed by atoms with Crippen molar-refractivity contribution in [1.82, 2.24) is 0 Å². The molecule has 0 aliphatic heterocycles. The first-order valence-corrected chi connectivity index (χ1v) is 13.3. The van der Waals surface area contributed by atoms with Crippen LogP contribution < -0.4 is 0 Å². The van der Waals surface area contributed by atoms with Crippen LogP contribution in [0.1, 0.15) is 13.8 Å². The second-order valence-corrected chi connectivity index (χ2v) is 13.4. The molecule has 2 unspecified atom stereocenters. The SMILES string of the molecule is C=CSC(C)Sc1ccc(S(=O)(=O)c2ccc(SC(C)SC=C)cc2)cc1. The fourth-order valence-corrected chi connectivity index (χ4v) is 6.98. The number of sulfone groups is 1. The lowest BCUT2D eigenvalue weighted by atomic mass is 10.4. The molecule has 0 aliphatic rings. The van der Waals surface area contributed by atoms with Gasteiger partial charge in [0.25, 0.3) is 0 Å². The Kier molecular flexibility index (Phi) is 8.95. The number of hydrogen-bond acceptors (Lipinski definition) is 6. The van der Waals surface area contributed by atoms with E-state index < -0.39 is 9.84 Å². The maximum absolute atomic E-state index is 12.9. The van der Waals surface area contributed by atoms with Crippen LogP contribution in [0.25, 0.3) is 0 Å². The van der Waals surface area contributed by atoms with Crippen molar-refractivity contribution in [1.29, 1.82) is 0 Å². The molecule has 0 radical (unpaired) electrons. The van der Waals surface area contributed by atoms with Crippen LogP contribution in [0, 0.1) is 0 Å². The van der Waals surface area contributed by atoms with Gasteiger partial charge in [-0.15, -0.1) is 47.0 Å². The Labute approximate surface area is 179 Å². The minimum Gasteiger partial charge on any atom is -0.219 e. The van der Waals surface area contributed by atoms with Crippen LogP contribution in [-0.4, -0.2) is 17.6 Å². The lowest BCUT2D eigenvalue weighted by Gasteiger charge is -2.10. The van der Waals surface area contributed by atoms with Crippen LogP contribution in [0.5, 0.6) is 0 Å². The first kappa shape index (κ1) is 22.6. The van der Waals surface area contributed by atoms with E-state index in [2.05, 4.69) is 27.0 Å². The van der Waals surface area contributed by atoms with Crippen molar-refractivity contribution in [2.24, 2.45) is 0 Å². The van der Waals surface area contributed by atoms with Gasteiger partial charge < -0.3 is 0 Å². The van der Waals surface area contributed by atoms with Crippen molar-refractivity contribution >= 4 is 56.9 Å². The molecule has 144 valence electrons. The van der Waals surface area contributed by atoms with Gasteiger partial charge in [-0.25, -0.2) is 8.42 Å². The van der Waals surface area contributed by atoms with Gasteiger partial charge in [-0.2, -0.15) is 0 Å². The molecule has 0 N–H and O–H groups in total. The van der Waals surface area contributed by atoms with Gasteiger partial charge in [0, 0.05) is 9.79 Å². The third kappa shape index (κ3) is 6.68. The molecule has 27 heavy (non-hydrogen) atoms. The molecule has 0 amide bonds. The Hall–Kier alpha value is -0.730. The average Bonchev–Trinajstić information content (AvgIpc) is 2.63. The van der Waals surface area contributed by atoms with Crippen LogP contribution >= 0.6 is 47.0 Å². The fourth-order valence-electron chi connectivity index (χ4n) is 2.24. The molecule has 7 heteroatoms. The van der Waals surface area contributed by atoms with Crippen LogP contribution in [-0.2, 0) is 9.84 Å². The summed E-state index contributed by atoms with van der Waals surface area (Å²) in [5, 5.41) is 3.63. The summed E-state index contributed by atoms with van der Waals surface area (Å²) in [6.07, 6.45) is 0. The molecule has 2 aromatic rings. The van der Waals surface area contributed by atoms with Crippen LogP contribution in [0.15, 0.2) is 92.1 Å². The molecule has 0 spiro atoms. The first-order chi connectivity index (χ1) is 12.9. The second-order valence-electron chi connectivity index (χ2n) is 5.42. The van der Waals surface area contributed by atoms with E-state index in [0.29, 0.717) is 19.0 Å². The van der Waals surface area contributed by atoms with Crippen LogP contribution in [0.3, 0.4) is 0 Å². The highest BCUT2D eigenvalue weighted by atomic mass is 32.2. The molecule has 0 saturated heterocycles. The van der Waals surface area contributed by atoms with Gasteiger partial charge in [-0.3, -0.25) is 0 Å². The predicted octanol–water partition coefficient (Wildman–Crippen LogP) is 7.15. The standard InChI is InChI=1S/C20H22O2S5/c1-5-23-15(3)25-17-7-11-19(12-8-17)27(21,22)20-13-9-18(10-14-20)26-16(4)24-6-2/h5-16H,1-2H2,3-4H3. The number of rotatable bonds is 10. The summed E-state index contributed by atoms with van der Waals surface area (Å²) >= 11 is 6.64. The second kappa shape index (κ2) is 10.7. The Bertz CT molecular complexity index is 791. The minimum absolute atomic E-state index is 0.312. The van der Waals surface area contributed by atoms with Crippen LogP contribution in [0.2, 0.25) is 0 Å². The molecule has 0 aromatic heterocycles. The molecule has 0 saturated carbocycles. The van der Waals surface area contributed by atoms with E-state index >= 15 is 0 Å². The molecule has 0 fully saturated rings. The fraction of sp³-hybridized carbons (Fsp3) is 0.200. The average molecular weight is 455 g/mol. The van der Waals surface area contributed by atoms with Crippen LogP contribution in [0.4, 0.5) is 0 Å². The number of hydrogen-bond donors (Lipinski definition) is 0. The van der Waals surface area contributed by atoms with Crippen molar-refractivity contribution in [2.45, 2.75) is 42.6 Å². The molecule has 0 bridgehead atoms. The van der Waals surface area contributed by atoms with Gasteiger partial charge in [0.05, 0.1) is 19.0 Å². The monoisotopic (exact) mass is 454 g/mol. The van der Waals surface area contributed by atoms with Crippen molar-refractivity contribution in [2.75, 3.05) is 0 Å². The maximum Gasteiger partial charge on any atom is 0.206 e. The highest BCUT2D eigenvalue weighted by Gasteiger charge is 2.18. The van der Waals surface area contributed by atoms with Gasteiger partial charge in [0.15, 0.2) is 0 Å².